The van der Waals surface area contributed by atoms with Crippen LogP contribution in [0, 0.1) is 11.8 Å². The minimum atomic E-state index is -0.356. The fourth-order valence-corrected chi connectivity index (χ4v) is 1.01. The Bertz CT molecular complexity index is 446. The molecule has 1 heterocycles. The fourth-order valence-electron chi connectivity index (χ4n) is 1.01. The number of nitrogen functional groups attached to an aromatic ring is 2. The molecule has 0 aliphatic heterocycles. The molecule has 0 bridgehead atoms. The van der Waals surface area contributed by atoms with Gasteiger partial charge in [0.05, 0.1) is 29.7 Å². The topological polar surface area (TPSA) is 91.2 Å². The van der Waals surface area contributed by atoms with Crippen LogP contribution in [0.3, 0.4) is 0 Å². The molecule has 0 atom stereocenters. The van der Waals surface area contributed by atoms with Crippen LogP contribution in [0.4, 0.5) is 11.4 Å². The van der Waals surface area contributed by atoms with Gasteiger partial charge in [-0.1, -0.05) is 11.8 Å². The highest BCUT2D eigenvalue weighted by molar-refractivity contribution is 5.74. The summed E-state index contributed by atoms with van der Waals surface area (Å²) in [5, 5.41) is 0. The number of ether oxygens (including phenoxy) is 1. The van der Waals surface area contributed by atoms with E-state index in [-0.39, 0.29) is 12.4 Å². The standard InChI is InChI=1S/C11H13N3O2/c1-2-16-10(15)5-3-4-8-6-14-7-9(12)11(8)13/h6-7H,2,5,12H2,1H3,(H2,13,14). The highest BCUT2D eigenvalue weighted by Gasteiger charge is 2.00. The third-order valence-electron chi connectivity index (χ3n) is 1.78. The SMILES string of the molecule is CCOC(=O)CC#Cc1cncc(N)c1N. The lowest BCUT2D eigenvalue weighted by Crippen LogP contribution is -2.02. The summed E-state index contributed by atoms with van der Waals surface area (Å²) in [4.78, 5) is 14.8. The molecule has 1 aromatic rings. The van der Waals surface area contributed by atoms with Crippen LogP contribution in [-0.2, 0) is 9.53 Å². The van der Waals surface area contributed by atoms with Crippen molar-refractivity contribution in [3.8, 4) is 11.8 Å². The molecule has 4 N–H and O–H groups in total. The number of anilines is 2. The second kappa shape index (κ2) is 5.61. The molecule has 0 saturated heterocycles. The molecule has 0 radical (unpaired) electrons. The van der Waals surface area contributed by atoms with Crippen molar-refractivity contribution >= 4 is 17.3 Å². The quantitative estimate of drug-likeness (QED) is 0.560. The number of nitrogens with zero attached hydrogens (tertiary/aromatic N) is 1. The Morgan fingerprint density at radius 1 is 1.50 bits per heavy atom. The van der Waals surface area contributed by atoms with E-state index < -0.39 is 0 Å². The molecular weight excluding hydrogens is 206 g/mol. The first-order chi connectivity index (χ1) is 7.65. The molecule has 5 heteroatoms. The number of nitrogens with two attached hydrogens (primary N) is 2. The zero-order valence-electron chi connectivity index (χ0n) is 8.99. The molecule has 0 amide bonds. The first-order valence-electron chi connectivity index (χ1n) is 4.78. The van der Waals surface area contributed by atoms with Gasteiger partial charge in [0.15, 0.2) is 0 Å². The number of rotatable bonds is 2. The lowest BCUT2D eigenvalue weighted by molar-refractivity contribution is -0.141. The molecule has 1 rings (SSSR count). The van der Waals surface area contributed by atoms with Gasteiger partial charge in [-0.25, -0.2) is 0 Å². The molecule has 0 fully saturated rings. The Morgan fingerprint density at radius 2 is 2.25 bits per heavy atom. The molecule has 0 aliphatic carbocycles. The van der Waals surface area contributed by atoms with Gasteiger partial charge in [0.1, 0.15) is 6.42 Å². The molecule has 1 aromatic heterocycles. The van der Waals surface area contributed by atoms with E-state index >= 15 is 0 Å². The van der Waals surface area contributed by atoms with E-state index in [2.05, 4.69) is 16.8 Å². The summed E-state index contributed by atoms with van der Waals surface area (Å²) in [5.41, 5.74) is 12.5. The van der Waals surface area contributed by atoms with Gasteiger partial charge in [-0.2, -0.15) is 0 Å². The van der Waals surface area contributed by atoms with Crippen LogP contribution >= 0.6 is 0 Å². The van der Waals surface area contributed by atoms with Crippen LogP contribution in [-0.4, -0.2) is 17.6 Å². The maximum Gasteiger partial charge on any atom is 0.317 e. The van der Waals surface area contributed by atoms with Crippen molar-refractivity contribution in [2.45, 2.75) is 13.3 Å². The molecular formula is C11H13N3O2. The monoisotopic (exact) mass is 219 g/mol. The highest BCUT2D eigenvalue weighted by Crippen LogP contribution is 2.16. The number of pyridine rings is 1. The van der Waals surface area contributed by atoms with Gasteiger partial charge in [0, 0.05) is 6.20 Å². The summed E-state index contributed by atoms with van der Waals surface area (Å²) in [6.07, 6.45) is 2.98. The average Bonchev–Trinajstić information content (AvgIpc) is 2.25. The number of hydrogen-bond donors (Lipinski definition) is 2. The third kappa shape index (κ3) is 3.17. The largest absolute Gasteiger partial charge is 0.465 e. The Hall–Kier alpha value is -2.22. The van der Waals surface area contributed by atoms with Crippen LogP contribution in [0.25, 0.3) is 0 Å². The van der Waals surface area contributed by atoms with Crippen molar-refractivity contribution < 1.29 is 9.53 Å². The second-order valence-corrected chi connectivity index (χ2v) is 2.97. The predicted molar refractivity (Wildman–Crippen MR) is 61.2 cm³/mol. The van der Waals surface area contributed by atoms with Crippen LogP contribution < -0.4 is 11.5 Å². The average molecular weight is 219 g/mol. The maximum absolute atomic E-state index is 11.0. The lowest BCUT2D eigenvalue weighted by Gasteiger charge is -2.00. The van der Waals surface area contributed by atoms with Crippen molar-refractivity contribution in [1.29, 1.82) is 0 Å². The molecule has 84 valence electrons. The normalized spacial score (nSPS) is 9.06. The molecule has 16 heavy (non-hydrogen) atoms. The Kier molecular flexibility index (Phi) is 4.16. The summed E-state index contributed by atoms with van der Waals surface area (Å²) in [6.45, 7) is 2.09. The Labute approximate surface area is 93.8 Å². The minimum absolute atomic E-state index is 0.0298. The third-order valence-corrected chi connectivity index (χ3v) is 1.78. The van der Waals surface area contributed by atoms with E-state index in [0.717, 1.165) is 0 Å². The van der Waals surface area contributed by atoms with Crippen LogP contribution in [0.15, 0.2) is 12.4 Å². The summed E-state index contributed by atoms with van der Waals surface area (Å²) in [7, 11) is 0. The van der Waals surface area contributed by atoms with Gasteiger partial charge in [0.2, 0.25) is 0 Å². The van der Waals surface area contributed by atoms with E-state index in [1.165, 1.54) is 12.4 Å². The molecule has 0 aliphatic rings. The van der Waals surface area contributed by atoms with E-state index in [0.29, 0.717) is 23.5 Å². The summed E-state index contributed by atoms with van der Waals surface area (Å²) in [5.74, 6) is 5.02. The van der Waals surface area contributed by atoms with E-state index in [1.807, 2.05) is 0 Å². The molecule has 5 nitrogen and oxygen atoms in total. The smallest absolute Gasteiger partial charge is 0.317 e. The minimum Gasteiger partial charge on any atom is -0.465 e. The van der Waals surface area contributed by atoms with Crippen molar-refractivity contribution in [3.63, 3.8) is 0 Å². The van der Waals surface area contributed by atoms with Crippen molar-refractivity contribution in [2.24, 2.45) is 0 Å². The molecule has 0 aromatic carbocycles. The van der Waals surface area contributed by atoms with Gasteiger partial charge >= 0.3 is 5.97 Å². The molecule has 0 unspecified atom stereocenters. The van der Waals surface area contributed by atoms with E-state index in [4.69, 9.17) is 16.2 Å². The molecule has 0 spiro atoms. The number of esters is 1. The first-order valence-corrected chi connectivity index (χ1v) is 4.78. The van der Waals surface area contributed by atoms with E-state index in [9.17, 15) is 4.79 Å². The van der Waals surface area contributed by atoms with Crippen molar-refractivity contribution in [3.05, 3.63) is 18.0 Å². The van der Waals surface area contributed by atoms with Gasteiger partial charge < -0.3 is 16.2 Å². The van der Waals surface area contributed by atoms with Gasteiger partial charge in [-0.05, 0) is 6.92 Å². The fraction of sp³-hybridized carbons (Fsp3) is 0.273. The summed E-state index contributed by atoms with van der Waals surface area (Å²) < 4.78 is 4.72. The van der Waals surface area contributed by atoms with Crippen molar-refractivity contribution in [2.75, 3.05) is 18.1 Å². The number of hydrogen-bond acceptors (Lipinski definition) is 5. The Balaban J connectivity index is 2.70. The number of carbonyl (C=O) groups is 1. The highest BCUT2D eigenvalue weighted by atomic mass is 16.5. The second-order valence-electron chi connectivity index (χ2n) is 2.97. The summed E-state index contributed by atoms with van der Waals surface area (Å²) >= 11 is 0. The van der Waals surface area contributed by atoms with Gasteiger partial charge in [-0.3, -0.25) is 9.78 Å². The maximum atomic E-state index is 11.0. The zero-order valence-corrected chi connectivity index (χ0v) is 8.99. The van der Waals surface area contributed by atoms with E-state index in [1.54, 1.807) is 6.92 Å². The van der Waals surface area contributed by atoms with Crippen LogP contribution in [0.2, 0.25) is 0 Å². The number of aromatic nitrogens is 1. The van der Waals surface area contributed by atoms with Gasteiger partial charge in [0.25, 0.3) is 0 Å². The Morgan fingerprint density at radius 3 is 2.94 bits per heavy atom. The van der Waals surface area contributed by atoms with Crippen molar-refractivity contribution in [1.82, 2.24) is 4.98 Å². The zero-order chi connectivity index (χ0) is 12.0. The lowest BCUT2D eigenvalue weighted by atomic mass is 10.2. The van der Waals surface area contributed by atoms with Crippen LogP contribution in [0.1, 0.15) is 18.9 Å². The first kappa shape index (κ1) is 11.9. The predicted octanol–water partition coefficient (Wildman–Crippen LogP) is 0.551. The molecule has 0 saturated carbocycles. The van der Waals surface area contributed by atoms with Crippen LogP contribution in [0.5, 0.6) is 0 Å². The summed E-state index contributed by atoms with van der Waals surface area (Å²) in [6, 6.07) is 0. The number of carbonyl (C=O) groups excluding carboxylic acids is 1. The van der Waals surface area contributed by atoms with Gasteiger partial charge in [-0.15, -0.1) is 0 Å².